The van der Waals surface area contributed by atoms with Crippen molar-refractivity contribution in [2.24, 2.45) is 5.41 Å². The summed E-state index contributed by atoms with van der Waals surface area (Å²) in [6.45, 7) is 13.2. The number of ether oxygens (including phenoxy) is 3. The van der Waals surface area contributed by atoms with E-state index in [9.17, 15) is 9.18 Å². The lowest BCUT2D eigenvalue weighted by Crippen LogP contribution is -2.65. The highest BCUT2D eigenvalue weighted by Gasteiger charge is 2.54. The van der Waals surface area contributed by atoms with Crippen molar-refractivity contribution in [2.45, 2.75) is 89.5 Å². The number of nitrogens with zero attached hydrogens (tertiary/aromatic N) is 7. The molecule has 0 bridgehead atoms. The van der Waals surface area contributed by atoms with Crippen molar-refractivity contribution in [1.29, 1.82) is 0 Å². The van der Waals surface area contributed by atoms with E-state index in [0.29, 0.717) is 24.2 Å². The molecule has 3 saturated heterocycles. The smallest absolute Gasteiger partial charge is 0.257 e. The Morgan fingerprint density at radius 2 is 1.94 bits per heavy atom. The molecule has 1 atom stereocenters. The summed E-state index contributed by atoms with van der Waals surface area (Å²) in [6, 6.07) is 6.40. The average molecular weight is 714 g/mol. The summed E-state index contributed by atoms with van der Waals surface area (Å²) < 4.78 is 33.5. The lowest BCUT2D eigenvalue weighted by atomic mass is 9.61. The number of likely N-dealkylation sites (N-methyl/N-ethyl adjacent to an activating group) is 1. The maximum absolute atomic E-state index is 14.4. The number of carbonyl (C=O) groups excluding carboxylic acids is 1. The fourth-order valence-electron chi connectivity index (χ4n) is 9.35. The molecule has 6 heterocycles. The molecule has 4 aliphatic heterocycles. The van der Waals surface area contributed by atoms with Gasteiger partial charge in [-0.3, -0.25) is 19.6 Å². The number of halogens is 1. The minimum atomic E-state index is -0.490. The SMILES string of the molecule is CCN(C(=O)c1cc(F)ccc1Oc1cncnc1N1CC2(CC(Oc3ccnc4c3C(CCCN3CC5(CCCO5)C3)N(C)CC4)C2)C1)C(C)C. The third kappa shape index (κ3) is 6.73. The van der Waals surface area contributed by atoms with Crippen LogP contribution in [0.4, 0.5) is 10.2 Å². The zero-order valence-corrected chi connectivity index (χ0v) is 31.0. The standard InChI is InChI=1S/C40H52FN7O4/c1-5-48(27(2)3)38(49)30-18-28(41)9-10-33(30)52-35-21-42-26-44-37(35)47-22-39(23-47)19-29(20-39)51-34-11-14-43-31-12-16-45(4)32(36(31)34)8-6-15-46-24-40(25-46)13-7-17-50-40/h9-11,14,18,21,26-27,29,32H,5-8,12-13,15-17,19-20,22-25H2,1-4H3. The molecule has 52 heavy (non-hydrogen) atoms. The Balaban J connectivity index is 0.887. The van der Waals surface area contributed by atoms with Crippen LogP contribution in [0, 0.1) is 11.2 Å². The highest BCUT2D eigenvalue weighted by molar-refractivity contribution is 5.97. The molecule has 3 aromatic rings. The van der Waals surface area contributed by atoms with Crippen LogP contribution in [0.1, 0.15) is 87.0 Å². The van der Waals surface area contributed by atoms with Gasteiger partial charge < -0.3 is 24.0 Å². The van der Waals surface area contributed by atoms with Crippen molar-refractivity contribution < 1.29 is 23.4 Å². The number of carbonyl (C=O) groups is 1. The monoisotopic (exact) mass is 713 g/mol. The molecule has 2 aromatic heterocycles. The summed E-state index contributed by atoms with van der Waals surface area (Å²) in [4.78, 5) is 35.9. The van der Waals surface area contributed by atoms with Crippen LogP contribution in [0.15, 0.2) is 43.0 Å². The topological polar surface area (TPSA) is 96.4 Å². The normalized spacial score (nSPS) is 22.2. The van der Waals surface area contributed by atoms with Crippen LogP contribution in [0.2, 0.25) is 0 Å². The minimum absolute atomic E-state index is 0.0379. The number of rotatable bonds is 12. The summed E-state index contributed by atoms with van der Waals surface area (Å²) in [7, 11) is 2.24. The zero-order valence-electron chi connectivity index (χ0n) is 31.0. The molecule has 1 amide bonds. The van der Waals surface area contributed by atoms with Gasteiger partial charge in [-0.05, 0) is 97.2 Å². The maximum atomic E-state index is 14.4. The first kappa shape index (κ1) is 35.2. The molecule has 4 fully saturated rings. The highest BCUT2D eigenvalue weighted by atomic mass is 19.1. The summed E-state index contributed by atoms with van der Waals surface area (Å²) >= 11 is 0. The predicted octanol–water partition coefficient (Wildman–Crippen LogP) is 5.90. The molecule has 278 valence electrons. The van der Waals surface area contributed by atoms with Gasteiger partial charge in [-0.2, -0.15) is 0 Å². The van der Waals surface area contributed by atoms with E-state index in [1.807, 2.05) is 27.0 Å². The van der Waals surface area contributed by atoms with Crippen LogP contribution in [-0.4, -0.2) is 113 Å². The third-order valence-corrected chi connectivity index (χ3v) is 12.0. The summed E-state index contributed by atoms with van der Waals surface area (Å²) in [5.41, 5.74) is 2.95. The number of fused-ring (bicyclic) bond motifs is 1. The Kier molecular flexibility index (Phi) is 9.59. The largest absolute Gasteiger partial charge is 0.490 e. The number of hydrogen-bond acceptors (Lipinski definition) is 10. The Labute approximate surface area is 306 Å². The molecular formula is C40H52FN7O4. The van der Waals surface area contributed by atoms with E-state index < -0.39 is 5.82 Å². The second kappa shape index (κ2) is 14.2. The van der Waals surface area contributed by atoms with Crippen LogP contribution >= 0.6 is 0 Å². The van der Waals surface area contributed by atoms with E-state index in [-0.39, 0.29) is 40.4 Å². The maximum Gasteiger partial charge on any atom is 0.257 e. The van der Waals surface area contributed by atoms with E-state index >= 15 is 0 Å². The van der Waals surface area contributed by atoms with Crippen LogP contribution in [0.25, 0.3) is 0 Å². The van der Waals surface area contributed by atoms with E-state index in [1.54, 1.807) is 11.1 Å². The Hall–Kier alpha value is -3.87. The van der Waals surface area contributed by atoms with E-state index in [2.05, 4.69) is 37.8 Å². The molecule has 5 aliphatic rings. The lowest BCUT2D eigenvalue weighted by Gasteiger charge is -2.59. The van der Waals surface area contributed by atoms with Crippen LogP contribution in [0.3, 0.4) is 0 Å². The zero-order chi connectivity index (χ0) is 36.0. The number of benzene rings is 1. The fraction of sp³-hybridized carbons (Fsp3) is 0.600. The summed E-state index contributed by atoms with van der Waals surface area (Å²) in [6.07, 6.45) is 12.7. The number of likely N-dealkylation sites (tertiary alicyclic amines) is 1. The van der Waals surface area contributed by atoms with Crippen LogP contribution in [-0.2, 0) is 11.2 Å². The van der Waals surface area contributed by atoms with Gasteiger partial charge >= 0.3 is 0 Å². The number of anilines is 1. The number of amides is 1. The van der Waals surface area contributed by atoms with Gasteiger partial charge in [0, 0.05) is 81.6 Å². The number of pyridine rings is 1. The predicted molar refractivity (Wildman–Crippen MR) is 196 cm³/mol. The molecule has 1 aliphatic carbocycles. The highest BCUT2D eigenvalue weighted by Crippen LogP contribution is 2.52. The van der Waals surface area contributed by atoms with Crippen LogP contribution in [0.5, 0.6) is 17.2 Å². The minimum Gasteiger partial charge on any atom is -0.490 e. The molecule has 2 spiro atoms. The van der Waals surface area contributed by atoms with Gasteiger partial charge in [0.25, 0.3) is 5.91 Å². The molecule has 1 unspecified atom stereocenters. The van der Waals surface area contributed by atoms with Gasteiger partial charge in [0.15, 0.2) is 11.6 Å². The molecule has 8 rings (SSSR count). The number of aromatic nitrogens is 3. The Morgan fingerprint density at radius 3 is 2.69 bits per heavy atom. The molecular weight excluding hydrogens is 661 g/mol. The molecule has 1 aromatic carbocycles. The van der Waals surface area contributed by atoms with E-state index in [1.165, 1.54) is 48.6 Å². The first-order valence-electron chi connectivity index (χ1n) is 19.2. The van der Waals surface area contributed by atoms with Crippen LogP contribution < -0.4 is 14.4 Å². The van der Waals surface area contributed by atoms with Gasteiger partial charge in [-0.15, -0.1) is 0 Å². The van der Waals surface area contributed by atoms with Gasteiger partial charge in [-0.1, -0.05) is 0 Å². The fourth-order valence-corrected chi connectivity index (χ4v) is 9.35. The van der Waals surface area contributed by atoms with E-state index in [4.69, 9.17) is 19.2 Å². The van der Waals surface area contributed by atoms with Gasteiger partial charge in [-0.25, -0.2) is 14.4 Å². The summed E-state index contributed by atoms with van der Waals surface area (Å²) in [5.74, 6) is 1.62. The van der Waals surface area contributed by atoms with Crippen molar-refractivity contribution in [2.75, 3.05) is 64.4 Å². The first-order valence-corrected chi connectivity index (χ1v) is 19.2. The lowest BCUT2D eigenvalue weighted by molar-refractivity contribution is -0.111. The summed E-state index contributed by atoms with van der Waals surface area (Å²) in [5, 5.41) is 0. The number of hydrogen-bond donors (Lipinski definition) is 0. The van der Waals surface area contributed by atoms with E-state index in [0.717, 1.165) is 83.7 Å². The van der Waals surface area contributed by atoms with Crippen molar-refractivity contribution in [1.82, 2.24) is 29.7 Å². The van der Waals surface area contributed by atoms with Gasteiger partial charge in [0.1, 0.15) is 29.7 Å². The molecule has 11 nitrogen and oxygen atoms in total. The van der Waals surface area contributed by atoms with Crippen molar-refractivity contribution in [3.05, 3.63) is 65.6 Å². The Bertz CT molecular complexity index is 1760. The molecule has 0 N–H and O–H groups in total. The third-order valence-electron chi connectivity index (χ3n) is 12.0. The molecule has 0 radical (unpaired) electrons. The van der Waals surface area contributed by atoms with Gasteiger partial charge in [0.05, 0.1) is 23.1 Å². The second-order valence-electron chi connectivity index (χ2n) is 16.0. The van der Waals surface area contributed by atoms with Crippen molar-refractivity contribution >= 4 is 11.7 Å². The van der Waals surface area contributed by atoms with Crippen molar-refractivity contribution in [3.8, 4) is 17.2 Å². The van der Waals surface area contributed by atoms with Crippen molar-refractivity contribution in [3.63, 3.8) is 0 Å². The first-order chi connectivity index (χ1) is 25.1. The quantitative estimate of drug-likeness (QED) is 0.226. The van der Waals surface area contributed by atoms with Gasteiger partial charge in [0.2, 0.25) is 0 Å². The average Bonchev–Trinajstić information content (AvgIpc) is 3.58. The molecule has 1 saturated carbocycles. The molecule has 12 heteroatoms. The Morgan fingerprint density at radius 1 is 1.12 bits per heavy atom. The second-order valence-corrected chi connectivity index (χ2v) is 16.0.